The predicted molar refractivity (Wildman–Crippen MR) is 74.4 cm³/mol. The van der Waals surface area contributed by atoms with Gasteiger partial charge < -0.3 is 5.32 Å². The monoisotopic (exact) mass is 243 g/mol. The number of rotatable bonds is 6. The molecule has 2 atom stereocenters. The third-order valence-electron chi connectivity index (χ3n) is 3.25. The van der Waals surface area contributed by atoms with Gasteiger partial charge >= 0.3 is 0 Å². The SMILES string of the molecule is CCNC(c1ccccc1)C(CC)n1cccn1. The summed E-state index contributed by atoms with van der Waals surface area (Å²) in [5.74, 6) is 0. The maximum absolute atomic E-state index is 4.39. The van der Waals surface area contributed by atoms with Crippen molar-refractivity contribution in [3.05, 3.63) is 54.4 Å². The second-order valence-corrected chi connectivity index (χ2v) is 4.41. The van der Waals surface area contributed by atoms with Crippen LogP contribution >= 0.6 is 0 Å². The second kappa shape index (κ2) is 6.36. The number of nitrogens with zero attached hydrogens (tertiary/aromatic N) is 2. The normalized spacial score (nSPS) is 14.3. The van der Waals surface area contributed by atoms with E-state index in [0.717, 1.165) is 13.0 Å². The standard InChI is InChI=1S/C15H21N3/c1-3-14(18-12-8-11-17-18)15(16-4-2)13-9-6-5-7-10-13/h5-12,14-16H,3-4H2,1-2H3. The largest absolute Gasteiger partial charge is 0.308 e. The molecule has 0 bridgehead atoms. The van der Waals surface area contributed by atoms with E-state index in [2.05, 4.69) is 59.3 Å². The molecule has 96 valence electrons. The Hall–Kier alpha value is -1.61. The number of aromatic nitrogens is 2. The molecule has 0 radical (unpaired) electrons. The summed E-state index contributed by atoms with van der Waals surface area (Å²) in [6.07, 6.45) is 4.94. The fourth-order valence-electron chi connectivity index (χ4n) is 2.41. The zero-order valence-corrected chi connectivity index (χ0v) is 11.1. The first-order valence-corrected chi connectivity index (χ1v) is 6.64. The van der Waals surface area contributed by atoms with Crippen LogP contribution in [0.4, 0.5) is 0 Å². The van der Waals surface area contributed by atoms with Gasteiger partial charge in [0.2, 0.25) is 0 Å². The molecule has 18 heavy (non-hydrogen) atoms. The summed E-state index contributed by atoms with van der Waals surface area (Å²) in [7, 11) is 0. The molecule has 1 N–H and O–H groups in total. The molecule has 0 fully saturated rings. The first kappa shape index (κ1) is 12.8. The van der Waals surface area contributed by atoms with Gasteiger partial charge in [0.25, 0.3) is 0 Å². The van der Waals surface area contributed by atoms with Gasteiger partial charge in [-0.25, -0.2) is 0 Å². The Bertz CT molecular complexity index is 436. The first-order valence-electron chi connectivity index (χ1n) is 6.64. The van der Waals surface area contributed by atoms with Gasteiger partial charge in [-0.2, -0.15) is 5.10 Å². The molecule has 0 aliphatic carbocycles. The van der Waals surface area contributed by atoms with E-state index >= 15 is 0 Å². The molecule has 0 saturated heterocycles. The highest BCUT2D eigenvalue weighted by Crippen LogP contribution is 2.28. The predicted octanol–water partition coefficient (Wildman–Crippen LogP) is 3.19. The van der Waals surface area contributed by atoms with E-state index in [1.165, 1.54) is 5.56 Å². The molecule has 2 rings (SSSR count). The summed E-state index contributed by atoms with van der Waals surface area (Å²) in [5, 5.41) is 7.97. The minimum atomic E-state index is 0.307. The third kappa shape index (κ3) is 2.79. The summed E-state index contributed by atoms with van der Waals surface area (Å²) in [4.78, 5) is 0. The lowest BCUT2D eigenvalue weighted by Crippen LogP contribution is -2.30. The molecule has 2 unspecified atom stereocenters. The van der Waals surface area contributed by atoms with Crippen LogP contribution < -0.4 is 5.32 Å². The molecule has 0 amide bonds. The highest BCUT2D eigenvalue weighted by atomic mass is 15.3. The molecule has 0 aliphatic heterocycles. The van der Waals surface area contributed by atoms with E-state index < -0.39 is 0 Å². The molecule has 1 aromatic carbocycles. The maximum Gasteiger partial charge on any atom is 0.0711 e. The molecular formula is C15H21N3. The van der Waals surface area contributed by atoms with Gasteiger partial charge in [0.1, 0.15) is 0 Å². The van der Waals surface area contributed by atoms with E-state index in [4.69, 9.17) is 0 Å². The zero-order chi connectivity index (χ0) is 12.8. The fourth-order valence-corrected chi connectivity index (χ4v) is 2.41. The van der Waals surface area contributed by atoms with E-state index in [9.17, 15) is 0 Å². The highest BCUT2D eigenvalue weighted by molar-refractivity contribution is 5.20. The van der Waals surface area contributed by atoms with Crippen molar-refractivity contribution in [2.24, 2.45) is 0 Å². The van der Waals surface area contributed by atoms with Crippen LogP contribution in [0.5, 0.6) is 0 Å². The molecule has 0 aliphatic rings. The number of benzene rings is 1. The van der Waals surface area contributed by atoms with Gasteiger partial charge in [-0.3, -0.25) is 4.68 Å². The van der Waals surface area contributed by atoms with Crippen LogP contribution in [-0.2, 0) is 0 Å². The van der Waals surface area contributed by atoms with Crippen molar-refractivity contribution in [3.8, 4) is 0 Å². The Morgan fingerprint density at radius 2 is 1.94 bits per heavy atom. The summed E-state index contributed by atoms with van der Waals surface area (Å²) in [5.41, 5.74) is 1.32. The number of nitrogens with one attached hydrogen (secondary N) is 1. The van der Waals surface area contributed by atoms with Crippen LogP contribution in [0.3, 0.4) is 0 Å². The van der Waals surface area contributed by atoms with Gasteiger partial charge in [-0.1, -0.05) is 44.2 Å². The van der Waals surface area contributed by atoms with Crippen molar-refractivity contribution >= 4 is 0 Å². The molecule has 1 heterocycles. The number of likely N-dealkylation sites (N-methyl/N-ethyl adjacent to an activating group) is 1. The van der Waals surface area contributed by atoms with E-state index in [0.29, 0.717) is 12.1 Å². The van der Waals surface area contributed by atoms with Gasteiger partial charge in [0.05, 0.1) is 12.1 Å². The highest BCUT2D eigenvalue weighted by Gasteiger charge is 2.22. The summed E-state index contributed by atoms with van der Waals surface area (Å²) < 4.78 is 2.06. The van der Waals surface area contributed by atoms with E-state index in [-0.39, 0.29) is 0 Å². The van der Waals surface area contributed by atoms with Crippen LogP contribution in [0.2, 0.25) is 0 Å². The van der Waals surface area contributed by atoms with Gasteiger partial charge in [-0.15, -0.1) is 0 Å². The minimum Gasteiger partial charge on any atom is -0.308 e. The van der Waals surface area contributed by atoms with Crippen molar-refractivity contribution in [2.45, 2.75) is 32.4 Å². The number of hydrogen-bond acceptors (Lipinski definition) is 2. The van der Waals surface area contributed by atoms with Crippen molar-refractivity contribution in [1.29, 1.82) is 0 Å². The Balaban J connectivity index is 2.28. The molecule has 0 spiro atoms. The topological polar surface area (TPSA) is 29.9 Å². The number of hydrogen-bond donors (Lipinski definition) is 1. The van der Waals surface area contributed by atoms with Crippen molar-refractivity contribution in [1.82, 2.24) is 15.1 Å². The van der Waals surface area contributed by atoms with Gasteiger partial charge in [0, 0.05) is 12.4 Å². The Kier molecular flexibility index (Phi) is 4.53. The zero-order valence-electron chi connectivity index (χ0n) is 11.1. The second-order valence-electron chi connectivity index (χ2n) is 4.41. The van der Waals surface area contributed by atoms with E-state index in [1.807, 2.05) is 18.5 Å². The first-order chi connectivity index (χ1) is 8.86. The average molecular weight is 243 g/mol. The Morgan fingerprint density at radius 3 is 2.50 bits per heavy atom. The lowest BCUT2D eigenvalue weighted by molar-refractivity contribution is 0.326. The van der Waals surface area contributed by atoms with Crippen LogP contribution in [0.15, 0.2) is 48.8 Å². The van der Waals surface area contributed by atoms with Crippen molar-refractivity contribution in [3.63, 3.8) is 0 Å². The van der Waals surface area contributed by atoms with Crippen LogP contribution in [0.25, 0.3) is 0 Å². The fraction of sp³-hybridized carbons (Fsp3) is 0.400. The molecule has 0 saturated carbocycles. The van der Waals surface area contributed by atoms with Crippen LogP contribution in [0, 0.1) is 0 Å². The molecule has 1 aromatic heterocycles. The molecule has 2 aromatic rings. The van der Waals surface area contributed by atoms with Crippen LogP contribution in [-0.4, -0.2) is 16.3 Å². The van der Waals surface area contributed by atoms with Crippen LogP contribution in [0.1, 0.15) is 37.9 Å². The van der Waals surface area contributed by atoms with Crippen molar-refractivity contribution < 1.29 is 0 Å². The van der Waals surface area contributed by atoms with Crippen molar-refractivity contribution in [2.75, 3.05) is 6.54 Å². The summed E-state index contributed by atoms with van der Waals surface area (Å²) >= 11 is 0. The Labute approximate surface area is 109 Å². The average Bonchev–Trinajstić information content (AvgIpc) is 2.94. The quantitative estimate of drug-likeness (QED) is 0.844. The van der Waals surface area contributed by atoms with E-state index in [1.54, 1.807) is 0 Å². The smallest absolute Gasteiger partial charge is 0.0711 e. The molecule has 3 heteroatoms. The summed E-state index contributed by atoms with van der Waals surface area (Å²) in [6.45, 7) is 5.31. The Morgan fingerprint density at radius 1 is 1.17 bits per heavy atom. The lowest BCUT2D eigenvalue weighted by atomic mass is 9.97. The lowest BCUT2D eigenvalue weighted by Gasteiger charge is -2.27. The minimum absolute atomic E-state index is 0.307. The maximum atomic E-state index is 4.39. The molecule has 3 nitrogen and oxygen atoms in total. The summed E-state index contributed by atoms with van der Waals surface area (Å²) in [6, 6.07) is 13.2. The molecular weight excluding hydrogens is 222 g/mol. The third-order valence-corrected chi connectivity index (χ3v) is 3.25. The van der Waals surface area contributed by atoms with Gasteiger partial charge in [0.15, 0.2) is 0 Å². The van der Waals surface area contributed by atoms with Gasteiger partial charge in [-0.05, 0) is 24.6 Å².